The van der Waals surface area contributed by atoms with Crippen molar-refractivity contribution in [3.63, 3.8) is 0 Å². The van der Waals surface area contributed by atoms with Crippen molar-refractivity contribution < 1.29 is 9.53 Å². The molecule has 0 unspecified atom stereocenters. The van der Waals surface area contributed by atoms with Gasteiger partial charge in [-0.25, -0.2) is 4.79 Å². The van der Waals surface area contributed by atoms with Crippen LogP contribution in [0.2, 0.25) is 0 Å². The Balaban J connectivity index is 1.58. The topological polar surface area (TPSA) is 44.8 Å². The molecule has 0 saturated carbocycles. The largest absolute Gasteiger partial charge is 0.490 e. The third kappa shape index (κ3) is 6.21. The van der Waals surface area contributed by atoms with Gasteiger partial charge in [-0.1, -0.05) is 34.2 Å². The lowest BCUT2D eigenvalue weighted by Gasteiger charge is -2.30. The number of rotatable bonds is 8. The van der Waals surface area contributed by atoms with E-state index in [9.17, 15) is 4.79 Å². The minimum Gasteiger partial charge on any atom is -0.490 e. The van der Waals surface area contributed by atoms with Gasteiger partial charge in [-0.15, -0.1) is 6.58 Å². The van der Waals surface area contributed by atoms with Crippen LogP contribution in [0.3, 0.4) is 0 Å². The number of ether oxygens (including phenoxy) is 1. The summed E-state index contributed by atoms with van der Waals surface area (Å²) >= 11 is 3.41. The average Bonchev–Trinajstić information content (AvgIpc) is 2.74. The number of carbonyl (C=O) groups is 1. The van der Waals surface area contributed by atoms with Crippen LogP contribution in [0.15, 0.2) is 71.7 Å². The standard InChI is InChI=1S/C24H28BrN3O2/c1-3-14-27(2)15-4-5-17-30-22-12-13-23-19(18-22)7-6-16-28(23)24(29)26-21-10-8-20(25)9-11-21/h3-5,8-13,18H,1,6-7,14-17H2,2H3,(H,26,29)/b5-4+. The van der Waals surface area contributed by atoms with E-state index in [1.165, 1.54) is 0 Å². The number of nitrogens with zero attached hydrogens (tertiary/aromatic N) is 2. The fourth-order valence-corrected chi connectivity index (χ4v) is 3.62. The third-order valence-corrected chi connectivity index (χ3v) is 5.41. The first kappa shape index (κ1) is 22.1. The minimum atomic E-state index is -0.112. The summed E-state index contributed by atoms with van der Waals surface area (Å²) in [4.78, 5) is 16.8. The molecule has 0 spiro atoms. The number of likely N-dealkylation sites (N-methyl/N-ethyl adjacent to an activating group) is 1. The number of aryl methyl sites for hydroxylation is 1. The summed E-state index contributed by atoms with van der Waals surface area (Å²) in [7, 11) is 2.05. The zero-order valence-corrected chi connectivity index (χ0v) is 18.9. The highest BCUT2D eigenvalue weighted by atomic mass is 79.9. The van der Waals surface area contributed by atoms with Crippen LogP contribution in [0, 0.1) is 0 Å². The van der Waals surface area contributed by atoms with Gasteiger partial charge in [-0.05, 0) is 67.9 Å². The number of carbonyl (C=O) groups excluding carboxylic acids is 1. The van der Waals surface area contributed by atoms with Crippen molar-refractivity contribution in [3.8, 4) is 5.75 Å². The third-order valence-electron chi connectivity index (χ3n) is 4.88. The highest BCUT2D eigenvalue weighted by Crippen LogP contribution is 2.31. The van der Waals surface area contributed by atoms with Crippen LogP contribution in [0.5, 0.6) is 5.75 Å². The van der Waals surface area contributed by atoms with Crippen LogP contribution >= 0.6 is 15.9 Å². The molecule has 158 valence electrons. The quantitative estimate of drug-likeness (QED) is 0.520. The van der Waals surface area contributed by atoms with Crippen LogP contribution in [0.1, 0.15) is 12.0 Å². The van der Waals surface area contributed by atoms with Gasteiger partial charge in [0.15, 0.2) is 0 Å². The molecular weight excluding hydrogens is 442 g/mol. The molecule has 1 aliphatic rings. The summed E-state index contributed by atoms with van der Waals surface area (Å²) in [6.45, 7) is 6.69. The Labute approximate surface area is 187 Å². The second-order valence-corrected chi connectivity index (χ2v) is 8.19. The van der Waals surface area contributed by atoms with E-state index >= 15 is 0 Å². The van der Waals surface area contributed by atoms with Gasteiger partial charge in [0.25, 0.3) is 0 Å². The van der Waals surface area contributed by atoms with Gasteiger partial charge in [-0.3, -0.25) is 9.80 Å². The van der Waals surface area contributed by atoms with Gasteiger partial charge in [0.1, 0.15) is 12.4 Å². The molecule has 0 aliphatic carbocycles. The first-order valence-electron chi connectivity index (χ1n) is 10.1. The summed E-state index contributed by atoms with van der Waals surface area (Å²) < 4.78 is 6.85. The van der Waals surface area contributed by atoms with Gasteiger partial charge in [0.05, 0.1) is 0 Å². The molecule has 0 fully saturated rings. The molecule has 2 aromatic carbocycles. The molecule has 0 bridgehead atoms. The first-order chi connectivity index (χ1) is 14.6. The number of halogens is 1. The molecule has 1 N–H and O–H groups in total. The molecule has 1 heterocycles. The molecular formula is C24H28BrN3O2. The van der Waals surface area contributed by atoms with Crippen LogP contribution < -0.4 is 15.0 Å². The Bertz CT molecular complexity index is 896. The molecule has 30 heavy (non-hydrogen) atoms. The highest BCUT2D eigenvalue weighted by Gasteiger charge is 2.23. The lowest BCUT2D eigenvalue weighted by atomic mass is 10.0. The number of amides is 2. The molecule has 3 rings (SSSR count). The summed E-state index contributed by atoms with van der Waals surface area (Å²) in [6, 6.07) is 13.4. The van der Waals surface area contributed by atoms with Gasteiger partial charge in [0.2, 0.25) is 0 Å². The SMILES string of the molecule is C=CCN(C)C/C=C/COc1ccc2c(c1)CCCN2C(=O)Nc1ccc(Br)cc1. The average molecular weight is 470 g/mol. The van der Waals surface area contributed by atoms with Gasteiger partial charge in [0, 0.05) is 35.5 Å². The van der Waals surface area contributed by atoms with Crippen LogP contribution in [-0.4, -0.2) is 44.2 Å². The van der Waals surface area contributed by atoms with E-state index in [4.69, 9.17) is 4.74 Å². The fourth-order valence-electron chi connectivity index (χ4n) is 3.36. The van der Waals surface area contributed by atoms with Crippen LogP contribution in [-0.2, 0) is 6.42 Å². The van der Waals surface area contributed by atoms with Crippen molar-refractivity contribution >= 4 is 33.3 Å². The number of urea groups is 1. The maximum absolute atomic E-state index is 12.8. The summed E-state index contributed by atoms with van der Waals surface area (Å²) in [5.74, 6) is 0.827. The Morgan fingerprint density at radius 1 is 1.23 bits per heavy atom. The lowest BCUT2D eigenvalue weighted by molar-refractivity contribution is 0.256. The second-order valence-electron chi connectivity index (χ2n) is 7.28. The van der Waals surface area contributed by atoms with Crippen LogP contribution in [0.25, 0.3) is 0 Å². The molecule has 2 aromatic rings. The fraction of sp³-hybridized carbons (Fsp3) is 0.292. The normalized spacial score (nSPS) is 13.4. The van der Waals surface area contributed by atoms with Crippen molar-refractivity contribution in [1.29, 1.82) is 0 Å². The number of hydrogen-bond donors (Lipinski definition) is 1. The van der Waals surface area contributed by atoms with Gasteiger partial charge < -0.3 is 10.1 Å². The number of benzene rings is 2. The summed E-state index contributed by atoms with van der Waals surface area (Å²) in [5.41, 5.74) is 2.87. The predicted molar refractivity (Wildman–Crippen MR) is 128 cm³/mol. The Morgan fingerprint density at radius 3 is 2.80 bits per heavy atom. The molecule has 5 nitrogen and oxygen atoms in total. The number of hydrogen-bond acceptors (Lipinski definition) is 3. The predicted octanol–water partition coefficient (Wildman–Crippen LogP) is 5.49. The smallest absolute Gasteiger partial charge is 0.326 e. The number of anilines is 2. The Morgan fingerprint density at radius 2 is 2.03 bits per heavy atom. The van der Waals surface area contributed by atoms with E-state index < -0.39 is 0 Å². The molecule has 0 radical (unpaired) electrons. The van der Waals surface area contributed by atoms with Crippen molar-refractivity contribution in [2.75, 3.05) is 43.5 Å². The van der Waals surface area contributed by atoms with Crippen LogP contribution in [0.4, 0.5) is 16.2 Å². The monoisotopic (exact) mass is 469 g/mol. The van der Waals surface area contributed by atoms with Gasteiger partial charge >= 0.3 is 6.03 Å². The van der Waals surface area contributed by atoms with Crippen molar-refractivity contribution in [3.05, 3.63) is 77.3 Å². The molecule has 6 heteroatoms. The number of nitrogens with one attached hydrogen (secondary N) is 1. The zero-order chi connectivity index (χ0) is 21.3. The number of fused-ring (bicyclic) bond motifs is 1. The summed E-state index contributed by atoms with van der Waals surface area (Å²) in [5, 5.41) is 2.98. The second kappa shape index (κ2) is 11.0. The molecule has 0 atom stereocenters. The van der Waals surface area contributed by atoms with E-state index in [1.807, 2.05) is 54.6 Å². The van der Waals surface area contributed by atoms with E-state index in [2.05, 4.69) is 45.8 Å². The van der Waals surface area contributed by atoms with E-state index in [-0.39, 0.29) is 6.03 Å². The molecule has 1 aliphatic heterocycles. The highest BCUT2D eigenvalue weighted by molar-refractivity contribution is 9.10. The molecule has 0 saturated heterocycles. The Hall–Kier alpha value is -2.57. The first-order valence-corrected chi connectivity index (χ1v) is 10.9. The van der Waals surface area contributed by atoms with E-state index in [0.717, 1.165) is 53.1 Å². The molecule has 0 aromatic heterocycles. The van der Waals surface area contributed by atoms with Crippen molar-refractivity contribution in [2.24, 2.45) is 0 Å². The maximum Gasteiger partial charge on any atom is 0.326 e. The molecule has 2 amide bonds. The van der Waals surface area contributed by atoms with Crippen molar-refractivity contribution in [1.82, 2.24) is 4.90 Å². The van der Waals surface area contributed by atoms with Gasteiger partial charge in [-0.2, -0.15) is 0 Å². The minimum absolute atomic E-state index is 0.112. The lowest BCUT2D eigenvalue weighted by Crippen LogP contribution is -2.38. The van der Waals surface area contributed by atoms with Crippen molar-refractivity contribution in [2.45, 2.75) is 12.8 Å². The Kier molecular flexibility index (Phi) is 8.11. The summed E-state index contributed by atoms with van der Waals surface area (Å²) in [6.07, 6.45) is 7.88. The van der Waals surface area contributed by atoms with E-state index in [0.29, 0.717) is 13.2 Å². The van der Waals surface area contributed by atoms with E-state index in [1.54, 1.807) is 4.90 Å². The zero-order valence-electron chi connectivity index (χ0n) is 17.3. The maximum atomic E-state index is 12.8.